The normalized spacial score (nSPS) is 10.9. The van der Waals surface area contributed by atoms with Crippen LogP contribution in [0.5, 0.6) is 0 Å². The van der Waals surface area contributed by atoms with Crippen LogP contribution in [0.1, 0.15) is 38.3 Å². The van der Waals surface area contributed by atoms with Gasteiger partial charge in [0.1, 0.15) is 5.82 Å². The molecule has 0 fully saturated rings. The lowest BCUT2D eigenvalue weighted by Crippen LogP contribution is -2.22. The standard InChI is InChI=1S/C15H20FNO/c1-4-15(2,3)18-11-12-7-8-14(16)13(10-12)6-5-9-17/h7-8,10H,4,9,11,17H2,1-3H3. The van der Waals surface area contributed by atoms with E-state index in [1.807, 2.05) is 13.8 Å². The molecule has 0 aromatic heterocycles. The van der Waals surface area contributed by atoms with Gasteiger partial charge in [0.05, 0.1) is 24.3 Å². The first-order valence-corrected chi connectivity index (χ1v) is 6.10. The van der Waals surface area contributed by atoms with Gasteiger partial charge in [-0.1, -0.05) is 24.8 Å². The summed E-state index contributed by atoms with van der Waals surface area (Å²) < 4.78 is 19.2. The van der Waals surface area contributed by atoms with E-state index in [1.165, 1.54) is 6.07 Å². The van der Waals surface area contributed by atoms with Gasteiger partial charge in [0, 0.05) is 0 Å². The van der Waals surface area contributed by atoms with E-state index in [1.54, 1.807) is 12.1 Å². The van der Waals surface area contributed by atoms with Crippen LogP contribution in [0.3, 0.4) is 0 Å². The predicted octanol–water partition coefficient (Wildman–Crippen LogP) is 2.84. The first kappa shape index (κ1) is 14.7. The number of hydrogen-bond donors (Lipinski definition) is 1. The minimum atomic E-state index is -0.325. The maximum Gasteiger partial charge on any atom is 0.138 e. The Balaban J connectivity index is 2.79. The summed E-state index contributed by atoms with van der Waals surface area (Å²) >= 11 is 0. The van der Waals surface area contributed by atoms with Crippen molar-refractivity contribution in [2.45, 2.75) is 39.4 Å². The molecule has 0 amide bonds. The zero-order valence-corrected chi connectivity index (χ0v) is 11.2. The Kier molecular flexibility index (Phi) is 5.33. The topological polar surface area (TPSA) is 35.2 Å². The number of nitrogens with two attached hydrogens (primary N) is 1. The minimum Gasteiger partial charge on any atom is -0.371 e. The molecule has 0 heterocycles. The number of rotatable bonds is 4. The first-order valence-electron chi connectivity index (χ1n) is 6.10. The van der Waals surface area contributed by atoms with Gasteiger partial charge < -0.3 is 10.5 Å². The summed E-state index contributed by atoms with van der Waals surface area (Å²) in [5, 5.41) is 0. The molecule has 2 nitrogen and oxygen atoms in total. The van der Waals surface area contributed by atoms with Crippen LogP contribution in [0.2, 0.25) is 0 Å². The van der Waals surface area contributed by atoms with Crippen LogP contribution >= 0.6 is 0 Å². The van der Waals surface area contributed by atoms with E-state index in [4.69, 9.17) is 10.5 Å². The van der Waals surface area contributed by atoms with Gasteiger partial charge >= 0.3 is 0 Å². The summed E-state index contributed by atoms with van der Waals surface area (Å²) in [6.07, 6.45) is 0.925. The molecule has 3 heteroatoms. The first-order chi connectivity index (χ1) is 8.48. The second-order valence-electron chi connectivity index (χ2n) is 4.72. The highest BCUT2D eigenvalue weighted by atomic mass is 19.1. The third kappa shape index (κ3) is 4.48. The maximum atomic E-state index is 13.4. The number of halogens is 1. The van der Waals surface area contributed by atoms with Gasteiger partial charge in [-0.05, 0) is 38.0 Å². The second kappa shape index (κ2) is 6.53. The van der Waals surface area contributed by atoms with Gasteiger partial charge in [-0.3, -0.25) is 0 Å². The van der Waals surface area contributed by atoms with Gasteiger partial charge in [-0.25, -0.2) is 4.39 Å². The third-order valence-corrected chi connectivity index (χ3v) is 2.84. The summed E-state index contributed by atoms with van der Waals surface area (Å²) in [5.74, 6) is 5.05. The lowest BCUT2D eigenvalue weighted by molar-refractivity contribution is -0.0316. The van der Waals surface area contributed by atoms with Crippen LogP contribution in [-0.4, -0.2) is 12.1 Å². The SMILES string of the molecule is CCC(C)(C)OCc1ccc(F)c(C#CCN)c1. The Labute approximate surface area is 108 Å². The summed E-state index contributed by atoms with van der Waals surface area (Å²) in [6, 6.07) is 4.84. The molecule has 0 aliphatic carbocycles. The highest BCUT2D eigenvalue weighted by Crippen LogP contribution is 2.17. The quantitative estimate of drug-likeness (QED) is 0.833. The van der Waals surface area contributed by atoms with E-state index in [9.17, 15) is 4.39 Å². The maximum absolute atomic E-state index is 13.4. The molecular weight excluding hydrogens is 229 g/mol. The molecule has 0 aliphatic heterocycles. The Morgan fingerprint density at radius 2 is 2.11 bits per heavy atom. The van der Waals surface area contributed by atoms with Gasteiger partial charge in [0.25, 0.3) is 0 Å². The summed E-state index contributed by atoms with van der Waals surface area (Å²) in [4.78, 5) is 0. The molecule has 98 valence electrons. The largest absolute Gasteiger partial charge is 0.371 e. The molecule has 0 radical (unpaired) electrons. The summed E-state index contributed by atoms with van der Waals surface area (Å²) in [7, 11) is 0. The van der Waals surface area contributed by atoms with E-state index in [2.05, 4.69) is 18.8 Å². The van der Waals surface area contributed by atoms with E-state index >= 15 is 0 Å². The van der Waals surface area contributed by atoms with Gasteiger partial charge in [0.15, 0.2) is 0 Å². The van der Waals surface area contributed by atoms with Crippen LogP contribution in [-0.2, 0) is 11.3 Å². The lowest BCUT2D eigenvalue weighted by atomic mass is 10.1. The van der Waals surface area contributed by atoms with Crippen molar-refractivity contribution in [3.05, 3.63) is 35.1 Å². The molecule has 0 aliphatic rings. The molecule has 0 bridgehead atoms. The molecule has 18 heavy (non-hydrogen) atoms. The molecule has 2 N–H and O–H groups in total. The van der Waals surface area contributed by atoms with Crippen molar-refractivity contribution in [1.82, 2.24) is 0 Å². The Bertz CT molecular complexity index is 457. The molecule has 0 spiro atoms. The van der Waals surface area contributed by atoms with E-state index in [0.29, 0.717) is 12.2 Å². The van der Waals surface area contributed by atoms with Crippen molar-refractivity contribution in [1.29, 1.82) is 0 Å². The highest BCUT2D eigenvalue weighted by Gasteiger charge is 2.15. The fraction of sp³-hybridized carbons (Fsp3) is 0.467. The fourth-order valence-corrected chi connectivity index (χ4v) is 1.29. The third-order valence-electron chi connectivity index (χ3n) is 2.84. The number of benzene rings is 1. The van der Waals surface area contributed by atoms with Crippen LogP contribution in [0.25, 0.3) is 0 Å². The molecule has 0 atom stereocenters. The van der Waals surface area contributed by atoms with Crippen molar-refractivity contribution >= 4 is 0 Å². The smallest absolute Gasteiger partial charge is 0.138 e. The van der Waals surface area contributed by atoms with Crippen LogP contribution in [0, 0.1) is 17.7 Å². The minimum absolute atomic E-state index is 0.169. The van der Waals surface area contributed by atoms with Crippen molar-refractivity contribution in [3.8, 4) is 11.8 Å². The van der Waals surface area contributed by atoms with Gasteiger partial charge in [-0.2, -0.15) is 0 Å². The number of ether oxygens (including phenoxy) is 1. The van der Waals surface area contributed by atoms with Crippen LogP contribution < -0.4 is 5.73 Å². The molecule has 1 rings (SSSR count). The van der Waals surface area contributed by atoms with Gasteiger partial charge in [0.2, 0.25) is 0 Å². The average Bonchev–Trinajstić information content (AvgIpc) is 2.36. The van der Waals surface area contributed by atoms with E-state index < -0.39 is 0 Å². The Hall–Kier alpha value is -1.37. The highest BCUT2D eigenvalue weighted by molar-refractivity contribution is 5.38. The van der Waals surface area contributed by atoms with E-state index in [0.717, 1.165) is 12.0 Å². The lowest BCUT2D eigenvalue weighted by Gasteiger charge is -2.23. The molecule has 1 aromatic rings. The van der Waals surface area contributed by atoms with Crippen molar-refractivity contribution in [2.75, 3.05) is 6.54 Å². The zero-order valence-electron chi connectivity index (χ0n) is 11.2. The molecule has 1 aromatic carbocycles. The predicted molar refractivity (Wildman–Crippen MR) is 71.5 cm³/mol. The van der Waals surface area contributed by atoms with Crippen molar-refractivity contribution in [3.63, 3.8) is 0 Å². The van der Waals surface area contributed by atoms with E-state index in [-0.39, 0.29) is 18.0 Å². The van der Waals surface area contributed by atoms with Crippen molar-refractivity contribution in [2.24, 2.45) is 5.73 Å². The van der Waals surface area contributed by atoms with Crippen LogP contribution in [0.4, 0.5) is 4.39 Å². The van der Waals surface area contributed by atoms with Crippen molar-refractivity contribution < 1.29 is 9.13 Å². The Morgan fingerprint density at radius 1 is 1.39 bits per heavy atom. The molecule has 0 saturated heterocycles. The van der Waals surface area contributed by atoms with Crippen LogP contribution in [0.15, 0.2) is 18.2 Å². The monoisotopic (exact) mass is 249 g/mol. The second-order valence-corrected chi connectivity index (χ2v) is 4.72. The molecular formula is C15H20FNO. The van der Waals surface area contributed by atoms with Gasteiger partial charge in [-0.15, -0.1) is 0 Å². The fourth-order valence-electron chi connectivity index (χ4n) is 1.29. The number of hydrogen-bond acceptors (Lipinski definition) is 2. The summed E-state index contributed by atoms with van der Waals surface area (Å²) in [6.45, 7) is 6.82. The zero-order chi connectivity index (χ0) is 13.6. The molecule has 0 saturated carbocycles. The average molecular weight is 249 g/mol. The molecule has 0 unspecified atom stereocenters. The Morgan fingerprint density at radius 3 is 2.72 bits per heavy atom. The summed E-state index contributed by atoms with van der Waals surface area (Å²) in [5.41, 5.74) is 6.40.